The third-order valence-corrected chi connectivity index (χ3v) is 4.25. The second-order valence-corrected chi connectivity index (χ2v) is 5.65. The zero-order valence-electron chi connectivity index (χ0n) is 12.9. The van der Waals surface area contributed by atoms with Gasteiger partial charge in [-0.25, -0.2) is 0 Å². The number of hydrogen-bond donors (Lipinski definition) is 1. The van der Waals surface area contributed by atoms with Crippen molar-refractivity contribution < 1.29 is 9.47 Å². The highest BCUT2D eigenvalue weighted by molar-refractivity contribution is 5.42. The fraction of sp³-hybridized carbons (Fsp3) is 0.647. The summed E-state index contributed by atoms with van der Waals surface area (Å²) in [5.74, 6) is 2.72. The molecule has 0 bridgehead atoms. The summed E-state index contributed by atoms with van der Waals surface area (Å²) in [6.07, 6.45) is 6.48. The molecule has 1 unspecified atom stereocenters. The van der Waals surface area contributed by atoms with Crippen LogP contribution in [0.2, 0.25) is 0 Å². The van der Waals surface area contributed by atoms with Crippen LogP contribution in [0.5, 0.6) is 11.5 Å². The minimum atomic E-state index is 0.366. The summed E-state index contributed by atoms with van der Waals surface area (Å²) in [6, 6.07) is 6.45. The Labute approximate surface area is 122 Å². The van der Waals surface area contributed by atoms with Gasteiger partial charge in [-0.1, -0.05) is 26.2 Å². The molecule has 112 valence electrons. The van der Waals surface area contributed by atoms with E-state index in [1.54, 1.807) is 14.2 Å². The molecule has 0 radical (unpaired) electrons. The molecule has 1 aromatic carbocycles. The molecule has 0 heterocycles. The van der Waals surface area contributed by atoms with Gasteiger partial charge in [0.2, 0.25) is 0 Å². The van der Waals surface area contributed by atoms with Gasteiger partial charge in [-0.3, -0.25) is 0 Å². The van der Waals surface area contributed by atoms with Crippen molar-refractivity contribution in [1.82, 2.24) is 5.32 Å². The van der Waals surface area contributed by atoms with Gasteiger partial charge in [-0.05, 0) is 43.5 Å². The van der Waals surface area contributed by atoms with Gasteiger partial charge in [0.25, 0.3) is 0 Å². The number of benzene rings is 1. The van der Waals surface area contributed by atoms with E-state index in [1.165, 1.54) is 31.2 Å². The van der Waals surface area contributed by atoms with Crippen molar-refractivity contribution in [2.75, 3.05) is 20.8 Å². The lowest BCUT2D eigenvalue weighted by molar-refractivity contribution is 0.258. The van der Waals surface area contributed by atoms with Crippen molar-refractivity contribution in [2.24, 2.45) is 5.92 Å². The molecule has 3 heteroatoms. The molecule has 1 saturated carbocycles. The molecule has 1 aromatic rings. The first-order chi connectivity index (χ1) is 9.78. The Balaban J connectivity index is 2.19. The van der Waals surface area contributed by atoms with Crippen molar-refractivity contribution in [2.45, 2.75) is 45.1 Å². The van der Waals surface area contributed by atoms with E-state index in [9.17, 15) is 0 Å². The molecule has 1 aliphatic carbocycles. The number of rotatable bonds is 8. The predicted molar refractivity (Wildman–Crippen MR) is 82.5 cm³/mol. The van der Waals surface area contributed by atoms with Crippen LogP contribution in [0, 0.1) is 5.92 Å². The second kappa shape index (κ2) is 7.53. The second-order valence-electron chi connectivity index (χ2n) is 5.65. The molecule has 0 aromatic heterocycles. The van der Waals surface area contributed by atoms with Crippen LogP contribution in [0.15, 0.2) is 18.2 Å². The molecule has 20 heavy (non-hydrogen) atoms. The number of nitrogens with one attached hydrogen (secondary N) is 1. The Kier molecular flexibility index (Phi) is 5.72. The fourth-order valence-electron chi connectivity index (χ4n) is 2.81. The Hall–Kier alpha value is -1.22. The third-order valence-electron chi connectivity index (χ3n) is 4.25. The summed E-state index contributed by atoms with van der Waals surface area (Å²) in [4.78, 5) is 0. The molecule has 1 N–H and O–H groups in total. The quantitative estimate of drug-likeness (QED) is 0.781. The molecule has 1 aliphatic rings. The van der Waals surface area contributed by atoms with E-state index in [4.69, 9.17) is 9.47 Å². The molecule has 0 aliphatic heterocycles. The number of hydrogen-bond acceptors (Lipinski definition) is 3. The maximum absolute atomic E-state index is 5.54. The van der Waals surface area contributed by atoms with E-state index < -0.39 is 0 Å². The lowest BCUT2D eigenvalue weighted by Crippen LogP contribution is -2.27. The van der Waals surface area contributed by atoms with E-state index in [2.05, 4.69) is 18.3 Å². The fourth-order valence-corrected chi connectivity index (χ4v) is 2.81. The Morgan fingerprint density at radius 1 is 1.25 bits per heavy atom. The predicted octanol–water partition coefficient (Wildman–Crippen LogP) is 3.93. The van der Waals surface area contributed by atoms with Crippen LogP contribution in [0.1, 0.15) is 50.6 Å². The van der Waals surface area contributed by atoms with Gasteiger partial charge in [0.15, 0.2) is 0 Å². The monoisotopic (exact) mass is 277 g/mol. The molecule has 0 spiro atoms. The summed E-state index contributed by atoms with van der Waals surface area (Å²) in [5, 5.41) is 3.68. The van der Waals surface area contributed by atoms with Crippen LogP contribution >= 0.6 is 0 Å². The number of methoxy groups -OCH3 is 2. The standard InChI is InChI=1S/C17H27NO2/c1-4-10-18-16(11-13-6-5-7-13)15-12-14(19-2)8-9-17(15)20-3/h8-9,12-13,16,18H,4-7,10-11H2,1-3H3. The largest absolute Gasteiger partial charge is 0.497 e. The van der Waals surface area contributed by atoms with E-state index in [0.717, 1.165) is 30.4 Å². The lowest BCUT2D eigenvalue weighted by Gasteiger charge is -2.31. The van der Waals surface area contributed by atoms with Crippen LogP contribution in [-0.4, -0.2) is 20.8 Å². The summed E-state index contributed by atoms with van der Waals surface area (Å²) >= 11 is 0. The van der Waals surface area contributed by atoms with Crippen molar-refractivity contribution in [1.29, 1.82) is 0 Å². The highest BCUT2D eigenvalue weighted by Crippen LogP contribution is 2.38. The summed E-state index contributed by atoms with van der Waals surface area (Å²) < 4.78 is 10.9. The lowest BCUT2D eigenvalue weighted by atomic mass is 9.79. The summed E-state index contributed by atoms with van der Waals surface area (Å²) in [6.45, 7) is 3.24. The Morgan fingerprint density at radius 3 is 2.60 bits per heavy atom. The van der Waals surface area contributed by atoms with Gasteiger partial charge < -0.3 is 14.8 Å². The van der Waals surface area contributed by atoms with E-state index >= 15 is 0 Å². The Morgan fingerprint density at radius 2 is 2.05 bits per heavy atom. The minimum Gasteiger partial charge on any atom is -0.497 e. The first-order valence-corrected chi connectivity index (χ1v) is 7.73. The molecular weight excluding hydrogens is 250 g/mol. The van der Waals surface area contributed by atoms with Crippen molar-refractivity contribution in [3.63, 3.8) is 0 Å². The zero-order chi connectivity index (χ0) is 14.4. The topological polar surface area (TPSA) is 30.5 Å². The highest BCUT2D eigenvalue weighted by Gasteiger charge is 2.25. The first kappa shape index (κ1) is 15.2. The van der Waals surface area contributed by atoms with E-state index in [-0.39, 0.29) is 0 Å². The molecule has 3 nitrogen and oxygen atoms in total. The van der Waals surface area contributed by atoms with E-state index in [1.807, 2.05) is 12.1 Å². The maximum Gasteiger partial charge on any atom is 0.123 e. The summed E-state index contributed by atoms with van der Waals surface area (Å²) in [5.41, 5.74) is 1.23. The van der Waals surface area contributed by atoms with Crippen LogP contribution in [-0.2, 0) is 0 Å². The molecular formula is C17H27NO2. The van der Waals surface area contributed by atoms with Crippen LogP contribution < -0.4 is 14.8 Å². The van der Waals surface area contributed by atoms with Crippen molar-refractivity contribution in [3.8, 4) is 11.5 Å². The van der Waals surface area contributed by atoms with Crippen LogP contribution in [0.25, 0.3) is 0 Å². The molecule has 2 rings (SSSR count). The Bertz CT molecular complexity index is 415. The average molecular weight is 277 g/mol. The third kappa shape index (κ3) is 3.66. The molecule has 0 amide bonds. The van der Waals surface area contributed by atoms with Crippen LogP contribution in [0.3, 0.4) is 0 Å². The van der Waals surface area contributed by atoms with E-state index in [0.29, 0.717) is 6.04 Å². The molecule has 1 atom stereocenters. The van der Waals surface area contributed by atoms with Gasteiger partial charge >= 0.3 is 0 Å². The van der Waals surface area contributed by atoms with Crippen molar-refractivity contribution in [3.05, 3.63) is 23.8 Å². The summed E-state index contributed by atoms with van der Waals surface area (Å²) in [7, 11) is 3.46. The van der Waals surface area contributed by atoms with Gasteiger partial charge in [0, 0.05) is 11.6 Å². The van der Waals surface area contributed by atoms with Gasteiger partial charge in [-0.2, -0.15) is 0 Å². The average Bonchev–Trinajstić information content (AvgIpc) is 2.45. The molecule has 1 fully saturated rings. The van der Waals surface area contributed by atoms with Gasteiger partial charge in [0.1, 0.15) is 11.5 Å². The molecule has 0 saturated heterocycles. The van der Waals surface area contributed by atoms with Crippen LogP contribution in [0.4, 0.5) is 0 Å². The first-order valence-electron chi connectivity index (χ1n) is 7.73. The van der Waals surface area contributed by atoms with Crippen molar-refractivity contribution >= 4 is 0 Å². The minimum absolute atomic E-state index is 0.366. The SMILES string of the molecule is CCCNC(CC1CCC1)c1cc(OC)ccc1OC. The maximum atomic E-state index is 5.54. The van der Waals surface area contributed by atoms with Gasteiger partial charge in [0.05, 0.1) is 14.2 Å². The normalized spacial score (nSPS) is 16.6. The zero-order valence-corrected chi connectivity index (χ0v) is 12.9. The number of ether oxygens (including phenoxy) is 2. The highest BCUT2D eigenvalue weighted by atomic mass is 16.5. The smallest absolute Gasteiger partial charge is 0.123 e. The van der Waals surface area contributed by atoms with Gasteiger partial charge in [-0.15, -0.1) is 0 Å².